The van der Waals surface area contributed by atoms with Gasteiger partial charge in [0, 0.05) is 5.69 Å². The first-order chi connectivity index (χ1) is 7.75. The van der Waals surface area contributed by atoms with E-state index in [0.717, 1.165) is 5.69 Å². The molecule has 1 fully saturated rings. The normalized spacial score (nSPS) is 25.7. The molecule has 3 N–H and O–H groups in total. The summed E-state index contributed by atoms with van der Waals surface area (Å²) in [6.45, 7) is 2.25. The molecule has 0 saturated heterocycles. The Morgan fingerprint density at radius 3 is 2.69 bits per heavy atom. The number of nitrogens with zero attached hydrogens (tertiary/aromatic N) is 1. The largest absolute Gasteiger partial charge is 0.370 e. The summed E-state index contributed by atoms with van der Waals surface area (Å²) in [7, 11) is 0. The number of nitrogens with one attached hydrogen (secondary N) is 1. The van der Waals surface area contributed by atoms with Crippen molar-refractivity contribution in [1.82, 2.24) is 0 Å². The second-order valence-electron chi connectivity index (χ2n) is 4.48. The van der Waals surface area contributed by atoms with E-state index < -0.39 is 0 Å². The maximum Gasteiger partial charge on any atom is 0.193 e. The van der Waals surface area contributed by atoms with Gasteiger partial charge in [-0.2, -0.15) is 0 Å². The standard InChI is InChI=1S/C13H19N3/c1-10-6-5-9-12(10)16-13(14)15-11-7-3-2-4-8-11/h2-4,7-8,10,12H,5-6,9H2,1H3,(H3,14,15,16). The van der Waals surface area contributed by atoms with E-state index in [1.54, 1.807) is 0 Å². The predicted octanol–water partition coefficient (Wildman–Crippen LogP) is 2.60. The van der Waals surface area contributed by atoms with Gasteiger partial charge in [-0.15, -0.1) is 0 Å². The Balaban J connectivity index is 1.97. The van der Waals surface area contributed by atoms with Crippen LogP contribution < -0.4 is 11.1 Å². The van der Waals surface area contributed by atoms with E-state index in [0.29, 0.717) is 17.9 Å². The number of hydrogen-bond acceptors (Lipinski definition) is 1. The third-order valence-corrected chi connectivity index (χ3v) is 3.17. The Labute approximate surface area is 96.8 Å². The van der Waals surface area contributed by atoms with Crippen molar-refractivity contribution in [2.75, 3.05) is 5.32 Å². The van der Waals surface area contributed by atoms with Gasteiger partial charge in [-0.3, -0.25) is 0 Å². The lowest BCUT2D eigenvalue weighted by atomic mass is 10.1. The average molecular weight is 217 g/mol. The molecule has 1 saturated carbocycles. The molecule has 0 aromatic heterocycles. The number of nitrogens with two attached hydrogens (primary N) is 1. The Kier molecular flexibility index (Phi) is 3.44. The van der Waals surface area contributed by atoms with Crippen molar-refractivity contribution < 1.29 is 0 Å². The zero-order valence-electron chi connectivity index (χ0n) is 9.69. The summed E-state index contributed by atoms with van der Waals surface area (Å²) < 4.78 is 0. The van der Waals surface area contributed by atoms with E-state index in [4.69, 9.17) is 5.73 Å². The third kappa shape index (κ3) is 2.75. The first-order valence-electron chi connectivity index (χ1n) is 5.91. The zero-order valence-corrected chi connectivity index (χ0v) is 9.69. The van der Waals surface area contributed by atoms with Gasteiger partial charge >= 0.3 is 0 Å². The van der Waals surface area contributed by atoms with Gasteiger partial charge in [-0.25, -0.2) is 4.99 Å². The van der Waals surface area contributed by atoms with Crippen LogP contribution in [0.1, 0.15) is 26.2 Å². The lowest BCUT2D eigenvalue weighted by molar-refractivity contribution is 0.529. The van der Waals surface area contributed by atoms with Crippen molar-refractivity contribution in [1.29, 1.82) is 0 Å². The van der Waals surface area contributed by atoms with E-state index in [1.807, 2.05) is 30.3 Å². The van der Waals surface area contributed by atoms with Crippen LogP contribution in [0.15, 0.2) is 35.3 Å². The summed E-state index contributed by atoms with van der Waals surface area (Å²) in [4.78, 5) is 4.54. The van der Waals surface area contributed by atoms with Crippen molar-refractivity contribution in [3.05, 3.63) is 30.3 Å². The van der Waals surface area contributed by atoms with E-state index in [-0.39, 0.29) is 0 Å². The number of benzene rings is 1. The molecule has 16 heavy (non-hydrogen) atoms. The van der Waals surface area contributed by atoms with Crippen molar-refractivity contribution in [3.8, 4) is 0 Å². The van der Waals surface area contributed by atoms with Crippen LogP contribution in [-0.4, -0.2) is 12.0 Å². The van der Waals surface area contributed by atoms with Gasteiger partial charge in [0.1, 0.15) is 0 Å². The molecular weight excluding hydrogens is 198 g/mol. The lowest BCUT2D eigenvalue weighted by Gasteiger charge is -2.12. The minimum atomic E-state index is 0.399. The molecule has 86 valence electrons. The third-order valence-electron chi connectivity index (χ3n) is 3.17. The molecule has 0 radical (unpaired) electrons. The Hall–Kier alpha value is -1.51. The lowest BCUT2D eigenvalue weighted by Crippen LogP contribution is -2.25. The van der Waals surface area contributed by atoms with Crippen LogP contribution in [0.25, 0.3) is 0 Å². The Morgan fingerprint density at radius 2 is 2.06 bits per heavy atom. The summed E-state index contributed by atoms with van der Waals surface area (Å²) in [5.41, 5.74) is 6.88. The minimum absolute atomic E-state index is 0.399. The van der Waals surface area contributed by atoms with Crippen LogP contribution in [0.2, 0.25) is 0 Å². The van der Waals surface area contributed by atoms with Crippen LogP contribution in [-0.2, 0) is 0 Å². The van der Waals surface area contributed by atoms with Gasteiger partial charge < -0.3 is 11.1 Å². The van der Waals surface area contributed by atoms with Crippen LogP contribution >= 0.6 is 0 Å². The van der Waals surface area contributed by atoms with Crippen molar-refractivity contribution in [2.24, 2.45) is 16.6 Å². The Bertz CT molecular complexity index is 359. The molecule has 3 heteroatoms. The molecule has 3 nitrogen and oxygen atoms in total. The molecule has 0 heterocycles. The molecule has 0 bridgehead atoms. The van der Waals surface area contributed by atoms with E-state index in [1.165, 1.54) is 19.3 Å². The second kappa shape index (κ2) is 5.01. The van der Waals surface area contributed by atoms with Crippen LogP contribution in [0, 0.1) is 5.92 Å². The fourth-order valence-corrected chi connectivity index (χ4v) is 2.20. The second-order valence-corrected chi connectivity index (χ2v) is 4.48. The van der Waals surface area contributed by atoms with Gasteiger partial charge in [0.25, 0.3) is 0 Å². The van der Waals surface area contributed by atoms with Gasteiger partial charge in [-0.05, 0) is 30.9 Å². The van der Waals surface area contributed by atoms with Gasteiger partial charge in [0.15, 0.2) is 5.96 Å². The molecule has 1 aromatic rings. The predicted molar refractivity (Wildman–Crippen MR) is 68.5 cm³/mol. The fraction of sp³-hybridized carbons (Fsp3) is 0.462. The monoisotopic (exact) mass is 217 g/mol. The van der Waals surface area contributed by atoms with E-state index in [2.05, 4.69) is 17.2 Å². The molecule has 1 aliphatic carbocycles. The number of rotatable bonds is 2. The summed E-state index contributed by atoms with van der Waals surface area (Å²) in [6, 6.07) is 10.3. The SMILES string of the molecule is CC1CCCC1N=C(N)Nc1ccccc1. The average Bonchev–Trinajstić information content (AvgIpc) is 2.66. The summed E-state index contributed by atoms with van der Waals surface area (Å²) in [6.07, 6.45) is 3.71. The number of anilines is 1. The van der Waals surface area contributed by atoms with Crippen LogP contribution in [0.4, 0.5) is 5.69 Å². The maximum absolute atomic E-state index is 5.89. The van der Waals surface area contributed by atoms with Crippen molar-refractivity contribution in [3.63, 3.8) is 0 Å². The smallest absolute Gasteiger partial charge is 0.193 e. The highest BCUT2D eigenvalue weighted by molar-refractivity contribution is 5.92. The highest BCUT2D eigenvalue weighted by Gasteiger charge is 2.22. The summed E-state index contributed by atoms with van der Waals surface area (Å²) in [5.74, 6) is 1.20. The molecule has 2 unspecified atom stereocenters. The van der Waals surface area contributed by atoms with Gasteiger partial charge in [0.05, 0.1) is 6.04 Å². The molecule has 0 aliphatic heterocycles. The summed E-state index contributed by atoms with van der Waals surface area (Å²) >= 11 is 0. The molecule has 0 amide bonds. The number of hydrogen-bond donors (Lipinski definition) is 2. The maximum atomic E-state index is 5.89. The molecule has 2 rings (SSSR count). The molecule has 2 atom stereocenters. The highest BCUT2D eigenvalue weighted by Crippen LogP contribution is 2.27. The molecular formula is C13H19N3. The number of aliphatic imine (C=N–C) groups is 1. The minimum Gasteiger partial charge on any atom is -0.370 e. The number of guanidine groups is 1. The topological polar surface area (TPSA) is 50.4 Å². The fourth-order valence-electron chi connectivity index (χ4n) is 2.20. The zero-order chi connectivity index (χ0) is 11.4. The highest BCUT2D eigenvalue weighted by atomic mass is 15.1. The first-order valence-corrected chi connectivity index (χ1v) is 5.91. The van der Waals surface area contributed by atoms with Gasteiger partial charge in [0.2, 0.25) is 0 Å². The van der Waals surface area contributed by atoms with Crippen molar-refractivity contribution in [2.45, 2.75) is 32.2 Å². The molecule has 1 aliphatic rings. The Morgan fingerprint density at radius 1 is 1.31 bits per heavy atom. The van der Waals surface area contributed by atoms with Gasteiger partial charge in [-0.1, -0.05) is 31.5 Å². The molecule has 1 aromatic carbocycles. The molecule has 0 spiro atoms. The van der Waals surface area contributed by atoms with E-state index >= 15 is 0 Å². The quantitative estimate of drug-likeness (QED) is 0.591. The van der Waals surface area contributed by atoms with E-state index in [9.17, 15) is 0 Å². The van der Waals surface area contributed by atoms with Crippen LogP contribution in [0.3, 0.4) is 0 Å². The number of para-hydroxylation sites is 1. The first kappa shape index (κ1) is 11.0. The van der Waals surface area contributed by atoms with Crippen LogP contribution in [0.5, 0.6) is 0 Å². The van der Waals surface area contributed by atoms with Crippen molar-refractivity contribution >= 4 is 11.6 Å². The summed E-state index contributed by atoms with van der Waals surface area (Å²) in [5, 5.41) is 3.12.